The monoisotopic (exact) mass is 204 g/mol. The second-order valence-electron chi connectivity index (χ2n) is 4.96. The number of phenolic OH excluding ortho intramolecular Hbond substituents is 1. The van der Waals surface area contributed by atoms with Crippen molar-refractivity contribution < 1.29 is 10.2 Å². The number of hydrogen-bond donors (Lipinski definition) is 2. The summed E-state index contributed by atoms with van der Waals surface area (Å²) in [4.78, 5) is 0. The fourth-order valence-corrected chi connectivity index (χ4v) is 2.58. The van der Waals surface area contributed by atoms with Gasteiger partial charge in [-0.25, -0.2) is 0 Å². The summed E-state index contributed by atoms with van der Waals surface area (Å²) in [5.41, 5.74) is 3.17. The Hall–Kier alpha value is -1.02. The zero-order valence-corrected chi connectivity index (χ0v) is 8.79. The van der Waals surface area contributed by atoms with E-state index in [4.69, 9.17) is 0 Å². The smallest absolute Gasteiger partial charge is 0.119 e. The van der Waals surface area contributed by atoms with Crippen LogP contribution >= 0.6 is 0 Å². The Labute approximate surface area is 89.6 Å². The van der Waals surface area contributed by atoms with Crippen LogP contribution < -0.4 is 0 Å². The van der Waals surface area contributed by atoms with Gasteiger partial charge in [-0.15, -0.1) is 0 Å². The molecule has 0 aromatic heterocycles. The molecule has 0 bridgehead atoms. The van der Waals surface area contributed by atoms with E-state index in [0.717, 1.165) is 31.2 Å². The maximum Gasteiger partial charge on any atom is 0.119 e. The number of aliphatic hydroxyl groups is 1. The number of fused-ring (bicyclic) bond motifs is 1. The topological polar surface area (TPSA) is 40.5 Å². The van der Waals surface area contributed by atoms with Crippen molar-refractivity contribution in [2.75, 3.05) is 0 Å². The minimum absolute atomic E-state index is 0.371. The third-order valence-electron chi connectivity index (χ3n) is 3.71. The summed E-state index contributed by atoms with van der Waals surface area (Å²) in [6.07, 6.45) is 5.79. The van der Waals surface area contributed by atoms with E-state index in [-0.39, 0.29) is 0 Å². The summed E-state index contributed by atoms with van der Waals surface area (Å²) in [5, 5.41) is 19.8. The lowest BCUT2D eigenvalue weighted by atomic mass is 9.96. The van der Waals surface area contributed by atoms with Gasteiger partial charge in [-0.1, -0.05) is 6.07 Å². The minimum Gasteiger partial charge on any atom is -0.508 e. The molecule has 80 valence electrons. The van der Waals surface area contributed by atoms with E-state index in [1.807, 2.05) is 6.07 Å². The number of benzene rings is 1. The quantitative estimate of drug-likeness (QED) is 0.773. The highest BCUT2D eigenvalue weighted by molar-refractivity contribution is 5.47. The first-order valence-electron chi connectivity index (χ1n) is 5.73. The molecule has 1 aromatic rings. The van der Waals surface area contributed by atoms with Gasteiger partial charge in [-0.05, 0) is 49.3 Å². The Balaban J connectivity index is 2.01. The van der Waals surface area contributed by atoms with Gasteiger partial charge < -0.3 is 10.2 Å². The molecule has 0 saturated heterocycles. The summed E-state index contributed by atoms with van der Waals surface area (Å²) in [7, 11) is 0. The van der Waals surface area contributed by atoms with Gasteiger partial charge >= 0.3 is 0 Å². The van der Waals surface area contributed by atoms with Gasteiger partial charge in [0, 0.05) is 12.0 Å². The molecule has 1 aromatic carbocycles. The third-order valence-corrected chi connectivity index (χ3v) is 3.71. The number of aromatic hydroxyl groups is 1. The standard InChI is InChI=1S/C13H16O2/c14-12-5-4-9-2-1-3-10(9)11(12)8-13(15)6-7-13/h4-5,14-15H,1-3,6-8H2. The van der Waals surface area contributed by atoms with E-state index < -0.39 is 5.60 Å². The van der Waals surface area contributed by atoms with E-state index in [1.54, 1.807) is 6.07 Å². The Kier molecular flexibility index (Phi) is 1.84. The number of hydrogen-bond acceptors (Lipinski definition) is 2. The van der Waals surface area contributed by atoms with E-state index in [0.29, 0.717) is 12.2 Å². The molecule has 3 rings (SSSR count). The highest BCUT2D eigenvalue weighted by atomic mass is 16.3. The van der Waals surface area contributed by atoms with Crippen LogP contribution in [-0.2, 0) is 19.3 Å². The van der Waals surface area contributed by atoms with Crippen LogP contribution in [-0.4, -0.2) is 15.8 Å². The molecule has 0 amide bonds. The van der Waals surface area contributed by atoms with Crippen molar-refractivity contribution >= 4 is 0 Å². The largest absolute Gasteiger partial charge is 0.508 e. The van der Waals surface area contributed by atoms with E-state index in [9.17, 15) is 10.2 Å². The maximum atomic E-state index is 9.93. The van der Waals surface area contributed by atoms with E-state index >= 15 is 0 Å². The molecule has 2 aliphatic carbocycles. The van der Waals surface area contributed by atoms with Crippen LogP contribution in [0.4, 0.5) is 0 Å². The SMILES string of the molecule is Oc1ccc2c(c1CC1(O)CC1)CCC2. The van der Waals surface area contributed by atoms with Gasteiger partial charge in [0.1, 0.15) is 5.75 Å². The molecule has 1 saturated carbocycles. The molecule has 0 spiro atoms. The van der Waals surface area contributed by atoms with Gasteiger partial charge in [0.2, 0.25) is 0 Å². The van der Waals surface area contributed by atoms with Gasteiger partial charge in [-0.3, -0.25) is 0 Å². The number of rotatable bonds is 2. The average Bonchev–Trinajstić information content (AvgIpc) is 2.78. The molecule has 15 heavy (non-hydrogen) atoms. The summed E-state index contributed by atoms with van der Waals surface area (Å²) in [5.74, 6) is 0.371. The first-order valence-corrected chi connectivity index (χ1v) is 5.73. The van der Waals surface area contributed by atoms with Crippen LogP contribution in [0.3, 0.4) is 0 Å². The summed E-state index contributed by atoms with van der Waals surface area (Å²) in [6, 6.07) is 3.81. The van der Waals surface area contributed by atoms with Gasteiger partial charge in [0.15, 0.2) is 0 Å². The summed E-state index contributed by atoms with van der Waals surface area (Å²) < 4.78 is 0. The van der Waals surface area contributed by atoms with Crippen LogP contribution in [0.15, 0.2) is 12.1 Å². The van der Waals surface area contributed by atoms with Gasteiger partial charge in [0.05, 0.1) is 5.60 Å². The first kappa shape index (κ1) is 9.22. The van der Waals surface area contributed by atoms with Crippen molar-refractivity contribution in [3.05, 3.63) is 28.8 Å². The molecule has 2 nitrogen and oxygen atoms in total. The minimum atomic E-state index is -0.505. The molecule has 2 aliphatic rings. The predicted molar refractivity (Wildman–Crippen MR) is 58.0 cm³/mol. The van der Waals surface area contributed by atoms with Crippen molar-refractivity contribution in [3.8, 4) is 5.75 Å². The summed E-state index contributed by atoms with van der Waals surface area (Å²) >= 11 is 0. The molecule has 0 atom stereocenters. The molecule has 2 N–H and O–H groups in total. The normalized spacial score (nSPS) is 21.4. The Bertz CT molecular complexity index is 405. The lowest BCUT2D eigenvalue weighted by Gasteiger charge is -2.14. The Morgan fingerprint density at radius 1 is 1.20 bits per heavy atom. The Morgan fingerprint density at radius 3 is 2.73 bits per heavy atom. The van der Waals surface area contributed by atoms with Crippen LogP contribution in [0.25, 0.3) is 0 Å². The lowest BCUT2D eigenvalue weighted by molar-refractivity contribution is 0.149. The maximum absolute atomic E-state index is 9.93. The van der Waals surface area contributed by atoms with Crippen LogP contribution in [0.2, 0.25) is 0 Å². The van der Waals surface area contributed by atoms with Crippen molar-refractivity contribution in [2.24, 2.45) is 0 Å². The van der Waals surface area contributed by atoms with E-state index in [1.165, 1.54) is 17.5 Å². The lowest BCUT2D eigenvalue weighted by Crippen LogP contribution is -2.12. The summed E-state index contributed by atoms with van der Waals surface area (Å²) in [6.45, 7) is 0. The molecular formula is C13H16O2. The molecular weight excluding hydrogens is 188 g/mol. The van der Waals surface area contributed by atoms with Crippen molar-refractivity contribution in [3.63, 3.8) is 0 Å². The fourth-order valence-electron chi connectivity index (χ4n) is 2.58. The highest BCUT2D eigenvalue weighted by Gasteiger charge is 2.41. The predicted octanol–water partition coefficient (Wildman–Crippen LogP) is 1.95. The van der Waals surface area contributed by atoms with Crippen LogP contribution in [0, 0.1) is 0 Å². The number of aryl methyl sites for hydroxylation is 1. The van der Waals surface area contributed by atoms with E-state index in [2.05, 4.69) is 0 Å². The molecule has 2 heteroatoms. The van der Waals surface area contributed by atoms with Crippen molar-refractivity contribution in [2.45, 2.75) is 44.1 Å². The van der Waals surface area contributed by atoms with Gasteiger partial charge in [0.25, 0.3) is 0 Å². The molecule has 0 unspecified atom stereocenters. The first-order chi connectivity index (χ1) is 7.18. The molecule has 0 heterocycles. The van der Waals surface area contributed by atoms with Crippen LogP contribution in [0.1, 0.15) is 36.0 Å². The van der Waals surface area contributed by atoms with Crippen molar-refractivity contribution in [1.82, 2.24) is 0 Å². The molecule has 0 aliphatic heterocycles. The molecule has 0 radical (unpaired) electrons. The third kappa shape index (κ3) is 1.53. The second kappa shape index (κ2) is 2.99. The molecule has 1 fully saturated rings. The zero-order chi connectivity index (χ0) is 10.5. The zero-order valence-electron chi connectivity index (χ0n) is 8.79. The average molecular weight is 204 g/mol. The number of phenols is 1. The van der Waals surface area contributed by atoms with Gasteiger partial charge in [-0.2, -0.15) is 0 Å². The fraction of sp³-hybridized carbons (Fsp3) is 0.538. The van der Waals surface area contributed by atoms with Crippen LogP contribution in [0.5, 0.6) is 5.75 Å². The Morgan fingerprint density at radius 2 is 2.00 bits per heavy atom. The highest BCUT2D eigenvalue weighted by Crippen LogP contribution is 2.42. The second-order valence-corrected chi connectivity index (χ2v) is 4.96. The van der Waals surface area contributed by atoms with Crippen molar-refractivity contribution in [1.29, 1.82) is 0 Å².